The van der Waals surface area contributed by atoms with Crippen molar-refractivity contribution < 1.29 is 4.79 Å². The molecule has 6 heteroatoms. The van der Waals surface area contributed by atoms with Gasteiger partial charge in [0.05, 0.1) is 15.9 Å². The standard InChI is InChI=1S/C12H11N3O2S/c1-6-4-7(8-2-3-10(16)15-14-8)5-9-11(6)13-12(17)18-9/h4-5H,2-3H2,1H3,(H,13,17)(H,15,16). The van der Waals surface area contributed by atoms with Crippen LogP contribution in [0.25, 0.3) is 10.2 Å². The molecule has 0 saturated heterocycles. The van der Waals surface area contributed by atoms with Crippen molar-refractivity contribution in [2.24, 2.45) is 5.10 Å². The van der Waals surface area contributed by atoms with Gasteiger partial charge in [-0.05, 0) is 30.2 Å². The molecule has 0 atom stereocenters. The number of H-pyrrole nitrogens is 1. The maximum Gasteiger partial charge on any atom is 0.305 e. The molecule has 0 saturated carbocycles. The Hall–Kier alpha value is -1.95. The van der Waals surface area contributed by atoms with E-state index in [1.807, 2.05) is 19.1 Å². The van der Waals surface area contributed by atoms with Gasteiger partial charge in [-0.3, -0.25) is 9.59 Å². The van der Waals surface area contributed by atoms with E-state index in [1.54, 1.807) is 0 Å². The Labute approximate surface area is 107 Å². The molecule has 0 fully saturated rings. The van der Waals surface area contributed by atoms with E-state index in [1.165, 1.54) is 11.3 Å². The molecule has 1 aromatic heterocycles. The smallest absolute Gasteiger partial charge is 0.305 e. The van der Waals surface area contributed by atoms with Crippen molar-refractivity contribution in [1.29, 1.82) is 0 Å². The number of hydrogen-bond donors (Lipinski definition) is 2. The molecule has 0 aliphatic carbocycles. The molecule has 18 heavy (non-hydrogen) atoms. The summed E-state index contributed by atoms with van der Waals surface area (Å²) in [5.74, 6) is -0.0529. The van der Waals surface area contributed by atoms with Crippen LogP contribution in [0.2, 0.25) is 0 Å². The van der Waals surface area contributed by atoms with Crippen LogP contribution < -0.4 is 10.3 Å². The minimum Gasteiger partial charge on any atom is -0.312 e. The van der Waals surface area contributed by atoms with Gasteiger partial charge in [0.15, 0.2) is 0 Å². The molecule has 1 aliphatic rings. The van der Waals surface area contributed by atoms with Crippen molar-refractivity contribution in [2.45, 2.75) is 19.8 Å². The summed E-state index contributed by atoms with van der Waals surface area (Å²) in [4.78, 5) is 25.2. The lowest BCUT2D eigenvalue weighted by molar-refractivity contribution is -0.121. The van der Waals surface area contributed by atoms with Crippen LogP contribution in [0.3, 0.4) is 0 Å². The zero-order valence-electron chi connectivity index (χ0n) is 9.74. The van der Waals surface area contributed by atoms with Crippen LogP contribution in [-0.2, 0) is 4.79 Å². The number of amides is 1. The average molecular weight is 261 g/mol. The Morgan fingerprint density at radius 1 is 1.28 bits per heavy atom. The summed E-state index contributed by atoms with van der Waals surface area (Å²) in [6.45, 7) is 1.95. The first kappa shape index (κ1) is 11.2. The fraction of sp³-hybridized carbons (Fsp3) is 0.250. The molecule has 0 unspecified atom stereocenters. The molecule has 92 valence electrons. The van der Waals surface area contributed by atoms with Crippen LogP contribution in [-0.4, -0.2) is 16.6 Å². The molecule has 0 bridgehead atoms. The van der Waals surface area contributed by atoms with E-state index < -0.39 is 0 Å². The summed E-state index contributed by atoms with van der Waals surface area (Å²) >= 11 is 1.19. The minimum absolute atomic E-state index is 0.0517. The van der Waals surface area contributed by atoms with Crippen molar-refractivity contribution in [3.05, 3.63) is 32.9 Å². The first-order chi connectivity index (χ1) is 8.63. The normalized spacial score (nSPS) is 15.6. The largest absolute Gasteiger partial charge is 0.312 e. The summed E-state index contributed by atoms with van der Waals surface area (Å²) < 4.78 is 0.926. The number of aryl methyl sites for hydroxylation is 1. The predicted molar refractivity (Wildman–Crippen MR) is 71.1 cm³/mol. The number of hydrazone groups is 1. The van der Waals surface area contributed by atoms with E-state index >= 15 is 0 Å². The van der Waals surface area contributed by atoms with Crippen molar-refractivity contribution in [2.75, 3.05) is 0 Å². The van der Waals surface area contributed by atoms with Crippen LogP contribution in [0.4, 0.5) is 0 Å². The van der Waals surface area contributed by atoms with E-state index in [0.717, 1.165) is 27.1 Å². The maximum atomic E-state index is 11.3. The van der Waals surface area contributed by atoms with Crippen LogP contribution >= 0.6 is 11.3 Å². The molecule has 0 radical (unpaired) electrons. The number of carbonyl (C=O) groups is 1. The van der Waals surface area contributed by atoms with Crippen molar-refractivity contribution in [1.82, 2.24) is 10.4 Å². The lowest BCUT2D eigenvalue weighted by Crippen LogP contribution is -2.25. The average Bonchev–Trinajstić information content (AvgIpc) is 2.71. The Balaban J connectivity index is 2.13. The van der Waals surface area contributed by atoms with Crippen LogP contribution in [0.1, 0.15) is 24.0 Å². The number of benzene rings is 1. The van der Waals surface area contributed by atoms with Gasteiger partial charge in [-0.2, -0.15) is 5.10 Å². The van der Waals surface area contributed by atoms with Gasteiger partial charge < -0.3 is 4.98 Å². The molecular weight excluding hydrogens is 250 g/mol. The van der Waals surface area contributed by atoms with Gasteiger partial charge in [-0.25, -0.2) is 5.43 Å². The second kappa shape index (κ2) is 4.06. The summed E-state index contributed by atoms with van der Waals surface area (Å²) in [7, 11) is 0. The van der Waals surface area contributed by atoms with Crippen LogP contribution in [0.5, 0.6) is 0 Å². The van der Waals surface area contributed by atoms with E-state index in [0.29, 0.717) is 12.8 Å². The highest BCUT2D eigenvalue weighted by atomic mass is 32.1. The quantitative estimate of drug-likeness (QED) is 0.816. The fourth-order valence-corrected chi connectivity index (χ4v) is 2.92. The molecule has 2 aromatic rings. The van der Waals surface area contributed by atoms with E-state index in [4.69, 9.17) is 0 Å². The second-order valence-electron chi connectivity index (χ2n) is 4.27. The third kappa shape index (κ3) is 1.84. The molecule has 1 amide bonds. The zero-order valence-corrected chi connectivity index (χ0v) is 10.6. The molecule has 3 rings (SSSR count). The Bertz CT molecular complexity index is 726. The summed E-state index contributed by atoms with van der Waals surface area (Å²) in [5, 5.41) is 4.07. The number of hydrogen-bond acceptors (Lipinski definition) is 4. The first-order valence-electron chi connectivity index (χ1n) is 5.63. The van der Waals surface area contributed by atoms with E-state index in [-0.39, 0.29) is 10.8 Å². The third-order valence-corrected chi connectivity index (χ3v) is 3.80. The van der Waals surface area contributed by atoms with Crippen molar-refractivity contribution in [3.63, 3.8) is 0 Å². The fourth-order valence-electron chi connectivity index (χ4n) is 2.07. The number of carbonyl (C=O) groups excluding carboxylic acids is 1. The number of aromatic nitrogens is 1. The molecule has 5 nitrogen and oxygen atoms in total. The number of thiazole rings is 1. The highest BCUT2D eigenvalue weighted by Crippen LogP contribution is 2.22. The molecule has 1 aliphatic heterocycles. The molecular formula is C12H11N3O2S. The number of rotatable bonds is 1. The molecule has 2 N–H and O–H groups in total. The second-order valence-corrected chi connectivity index (χ2v) is 5.29. The molecule has 1 aromatic carbocycles. The van der Waals surface area contributed by atoms with Gasteiger partial charge >= 0.3 is 4.87 Å². The number of fused-ring (bicyclic) bond motifs is 1. The number of nitrogens with one attached hydrogen (secondary N) is 2. The third-order valence-electron chi connectivity index (χ3n) is 2.97. The lowest BCUT2D eigenvalue weighted by Gasteiger charge is -2.12. The highest BCUT2D eigenvalue weighted by molar-refractivity contribution is 7.16. The van der Waals surface area contributed by atoms with Gasteiger partial charge in [0, 0.05) is 12.8 Å². The van der Waals surface area contributed by atoms with Crippen LogP contribution in [0, 0.1) is 6.92 Å². The van der Waals surface area contributed by atoms with Gasteiger partial charge in [0.25, 0.3) is 0 Å². The predicted octanol–water partition coefficient (Wildman–Crippen LogP) is 1.51. The summed E-state index contributed by atoms with van der Waals surface area (Å²) in [6, 6.07) is 3.93. The monoisotopic (exact) mass is 261 g/mol. The van der Waals surface area contributed by atoms with Gasteiger partial charge in [-0.1, -0.05) is 11.3 Å². The first-order valence-corrected chi connectivity index (χ1v) is 6.44. The van der Waals surface area contributed by atoms with Gasteiger partial charge in [0.1, 0.15) is 0 Å². The summed E-state index contributed by atoms with van der Waals surface area (Å²) in [6.07, 6.45) is 1.09. The van der Waals surface area contributed by atoms with Crippen molar-refractivity contribution >= 4 is 33.2 Å². The van der Waals surface area contributed by atoms with Crippen molar-refractivity contribution in [3.8, 4) is 0 Å². The van der Waals surface area contributed by atoms with E-state index in [9.17, 15) is 9.59 Å². The topological polar surface area (TPSA) is 74.3 Å². The van der Waals surface area contributed by atoms with E-state index in [2.05, 4.69) is 15.5 Å². The maximum absolute atomic E-state index is 11.3. The van der Waals surface area contributed by atoms with Gasteiger partial charge in [0.2, 0.25) is 5.91 Å². The molecule has 0 spiro atoms. The Morgan fingerprint density at radius 3 is 2.83 bits per heavy atom. The Morgan fingerprint density at radius 2 is 2.11 bits per heavy atom. The number of aromatic amines is 1. The number of nitrogens with zero attached hydrogens (tertiary/aromatic N) is 1. The molecule has 2 heterocycles. The van der Waals surface area contributed by atoms with Crippen LogP contribution in [0.15, 0.2) is 22.0 Å². The zero-order chi connectivity index (χ0) is 12.7. The van der Waals surface area contributed by atoms with Gasteiger partial charge in [-0.15, -0.1) is 0 Å². The Kier molecular flexibility index (Phi) is 2.52. The lowest BCUT2D eigenvalue weighted by atomic mass is 10.0. The SMILES string of the molecule is Cc1cc(C2=NNC(=O)CC2)cc2sc(=O)[nH]c12. The minimum atomic E-state index is -0.0529. The summed E-state index contributed by atoms with van der Waals surface area (Å²) in [5.41, 5.74) is 6.21. The highest BCUT2D eigenvalue weighted by Gasteiger charge is 2.15.